The minimum Gasteiger partial charge on any atom is -0.494 e. The lowest BCUT2D eigenvalue weighted by atomic mass is 10.1. The SMILES string of the molecule is CCOc1ccc2nc(C)cc(Nc3cccc(C)c3C)c2c1.Cl. The number of nitrogens with one attached hydrogen (secondary N) is 1. The number of ether oxygens (including phenoxy) is 1. The molecule has 0 fully saturated rings. The molecule has 0 radical (unpaired) electrons. The van der Waals surface area contributed by atoms with Crippen LogP contribution in [0.2, 0.25) is 0 Å². The molecular weight excluding hydrogens is 320 g/mol. The smallest absolute Gasteiger partial charge is 0.120 e. The van der Waals surface area contributed by atoms with Crippen LogP contribution >= 0.6 is 12.4 Å². The van der Waals surface area contributed by atoms with Crippen LogP contribution in [0.3, 0.4) is 0 Å². The number of aryl methyl sites for hydroxylation is 2. The highest BCUT2D eigenvalue weighted by atomic mass is 35.5. The van der Waals surface area contributed by atoms with Crippen LogP contribution in [0.25, 0.3) is 10.9 Å². The summed E-state index contributed by atoms with van der Waals surface area (Å²) in [5.74, 6) is 0.870. The first-order valence-corrected chi connectivity index (χ1v) is 7.96. The average Bonchev–Trinajstić information content (AvgIpc) is 2.52. The second kappa shape index (κ2) is 7.54. The maximum atomic E-state index is 5.64. The molecule has 3 rings (SSSR count). The number of hydrogen-bond acceptors (Lipinski definition) is 3. The zero-order chi connectivity index (χ0) is 16.4. The molecule has 1 N–H and O–H groups in total. The maximum Gasteiger partial charge on any atom is 0.120 e. The van der Waals surface area contributed by atoms with Gasteiger partial charge in [0.1, 0.15) is 5.75 Å². The Morgan fingerprint density at radius 1 is 1.00 bits per heavy atom. The maximum absolute atomic E-state index is 5.64. The number of aromatic nitrogens is 1. The Hall–Kier alpha value is -2.26. The summed E-state index contributed by atoms with van der Waals surface area (Å²) < 4.78 is 5.64. The van der Waals surface area contributed by atoms with Gasteiger partial charge in [-0.05, 0) is 69.2 Å². The van der Waals surface area contributed by atoms with E-state index in [0.717, 1.165) is 33.7 Å². The minimum atomic E-state index is 0. The summed E-state index contributed by atoms with van der Waals surface area (Å²) in [5, 5.41) is 4.64. The first-order chi connectivity index (χ1) is 11.1. The van der Waals surface area contributed by atoms with E-state index in [1.165, 1.54) is 11.1 Å². The molecule has 3 aromatic rings. The molecule has 0 unspecified atom stereocenters. The predicted octanol–water partition coefficient (Wildman–Crippen LogP) is 5.72. The van der Waals surface area contributed by atoms with Gasteiger partial charge in [-0.1, -0.05) is 12.1 Å². The van der Waals surface area contributed by atoms with Gasteiger partial charge in [0.25, 0.3) is 0 Å². The molecule has 0 aliphatic carbocycles. The number of nitrogens with zero attached hydrogens (tertiary/aromatic N) is 1. The molecule has 1 aromatic heterocycles. The molecule has 0 aliphatic heterocycles. The number of pyridine rings is 1. The van der Waals surface area contributed by atoms with Gasteiger partial charge in [0.05, 0.1) is 12.1 Å². The van der Waals surface area contributed by atoms with Gasteiger partial charge in [-0.25, -0.2) is 0 Å². The van der Waals surface area contributed by atoms with Gasteiger partial charge >= 0.3 is 0 Å². The number of hydrogen-bond donors (Lipinski definition) is 1. The third-order valence-corrected chi connectivity index (χ3v) is 4.09. The summed E-state index contributed by atoms with van der Waals surface area (Å²) in [6, 6.07) is 14.4. The van der Waals surface area contributed by atoms with Crippen molar-refractivity contribution in [3.63, 3.8) is 0 Å². The quantitative estimate of drug-likeness (QED) is 0.658. The number of anilines is 2. The molecule has 0 saturated heterocycles. The van der Waals surface area contributed by atoms with Crippen LogP contribution in [0.15, 0.2) is 42.5 Å². The largest absolute Gasteiger partial charge is 0.494 e. The third kappa shape index (κ3) is 3.62. The lowest BCUT2D eigenvalue weighted by Gasteiger charge is -2.15. The average molecular weight is 343 g/mol. The molecule has 0 amide bonds. The van der Waals surface area contributed by atoms with E-state index in [1.54, 1.807) is 0 Å². The zero-order valence-corrected chi connectivity index (χ0v) is 15.3. The van der Waals surface area contributed by atoms with Gasteiger partial charge < -0.3 is 10.1 Å². The number of halogens is 1. The van der Waals surface area contributed by atoms with Gasteiger partial charge in [0.15, 0.2) is 0 Å². The summed E-state index contributed by atoms with van der Waals surface area (Å²) in [4.78, 5) is 4.62. The van der Waals surface area contributed by atoms with Crippen LogP contribution in [0.4, 0.5) is 11.4 Å². The monoisotopic (exact) mass is 342 g/mol. The normalized spacial score (nSPS) is 10.3. The highest BCUT2D eigenvalue weighted by Gasteiger charge is 2.08. The molecular formula is C20H23ClN2O. The van der Waals surface area contributed by atoms with Crippen LogP contribution < -0.4 is 10.1 Å². The fraction of sp³-hybridized carbons (Fsp3) is 0.250. The summed E-state index contributed by atoms with van der Waals surface area (Å²) in [5.41, 5.74) is 6.69. The lowest BCUT2D eigenvalue weighted by Crippen LogP contribution is -1.98. The fourth-order valence-corrected chi connectivity index (χ4v) is 2.73. The van der Waals surface area contributed by atoms with Crippen molar-refractivity contribution in [2.24, 2.45) is 0 Å². The molecule has 1 heterocycles. The minimum absolute atomic E-state index is 0. The Morgan fingerprint density at radius 3 is 2.54 bits per heavy atom. The van der Waals surface area contributed by atoms with Crippen molar-refractivity contribution in [2.75, 3.05) is 11.9 Å². The van der Waals surface area contributed by atoms with Crippen LogP contribution in [0.5, 0.6) is 5.75 Å². The van der Waals surface area contributed by atoms with Gasteiger partial charge in [-0.15, -0.1) is 12.4 Å². The van der Waals surface area contributed by atoms with E-state index >= 15 is 0 Å². The van der Waals surface area contributed by atoms with E-state index in [1.807, 2.05) is 26.0 Å². The Labute approximate surface area is 149 Å². The lowest BCUT2D eigenvalue weighted by molar-refractivity contribution is 0.340. The highest BCUT2D eigenvalue weighted by Crippen LogP contribution is 2.31. The van der Waals surface area contributed by atoms with Crippen molar-refractivity contribution < 1.29 is 4.74 Å². The topological polar surface area (TPSA) is 34.1 Å². The molecule has 24 heavy (non-hydrogen) atoms. The molecule has 4 heteroatoms. The van der Waals surface area contributed by atoms with E-state index in [9.17, 15) is 0 Å². The first-order valence-electron chi connectivity index (χ1n) is 7.96. The Kier molecular flexibility index (Phi) is 5.68. The van der Waals surface area contributed by atoms with Crippen molar-refractivity contribution in [2.45, 2.75) is 27.7 Å². The van der Waals surface area contributed by atoms with E-state index in [0.29, 0.717) is 6.61 Å². The number of benzene rings is 2. The van der Waals surface area contributed by atoms with E-state index in [2.05, 4.69) is 54.5 Å². The molecule has 0 saturated carbocycles. The molecule has 2 aromatic carbocycles. The zero-order valence-electron chi connectivity index (χ0n) is 14.5. The number of rotatable bonds is 4. The van der Waals surface area contributed by atoms with Gasteiger partial charge in [-0.2, -0.15) is 0 Å². The Balaban J connectivity index is 0.00000208. The van der Waals surface area contributed by atoms with Crippen LogP contribution in [-0.2, 0) is 0 Å². The number of fused-ring (bicyclic) bond motifs is 1. The Morgan fingerprint density at radius 2 is 1.79 bits per heavy atom. The van der Waals surface area contributed by atoms with E-state index < -0.39 is 0 Å². The van der Waals surface area contributed by atoms with Crippen LogP contribution in [0.1, 0.15) is 23.7 Å². The molecule has 0 atom stereocenters. The van der Waals surface area contributed by atoms with Gasteiger partial charge in [0.2, 0.25) is 0 Å². The second-order valence-electron chi connectivity index (χ2n) is 5.80. The van der Waals surface area contributed by atoms with E-state index in [4.69, 9.17) is 4.74 Å². The summed E-state index contributed by atoms with van der Waals surface area (Å²) >= 11 is 0. The third-order valence-electron chi connectivity index (χ3n) is 4.09. The van der Waals surface area contributed by atoms with Crippen LogP contribution in [0, 0.1) is 20.8 Å². The van der Waals surface area contributed by atoms with Crippen molar-refractivity contribution in [1.29, 1.82) is 0 Å². The summed E-state index contributed by atoms with van der Waals surface area (Å²) in [6.07, 6.45) is 0. The highest BCUT2D eigenvalue weighted by molar-refractivity contribution is 5.94. The van der Waals surface area contributed by atoms with Crippen molar-refractivity contribution in [3.05, 3.63) is 59.3 Å². The summed E-state index contributed by atoms with van der Waals surface area (Å²) in [7, 11) is 0. The molecule has 0 aliphatic rings. The molecule has 3 nitrogen and oxygen atoms in total. The van der Waals surface area contributed by atoms with Crippen molar-refractivity contribution in [3.8, 4) is 5.75 Å². The Bertz CT molecular complexity index is 862. The van der Waals surface area contributed by atoms with Crippen molar-refractivity contribution >= 4 is 34.7 Å². The fourth-order valence-electron chi connectivity index (χ4n) is 2.73. The van der Waals surface area contributed by atoms with Gasteiger partial charge in [-0.3, -0.25) is 4.98 Å². The summed E-state index contributed by atoms with van der Waals surface area (Å²) in [6.45, 7) is 8.94. The van der Waals surface area contributed by atoms with E-state index in [-0.39, 0.29) is 12.4 Å². The first kappa shape index (κ1) is 18.1. The van der Waals surface area contributed by atoms with Crippen LogP contribution in [-0.4, -0.2) is 11.6 Å². The standard InChI is InChI=1S/C20H22N2O.ClH/c1-5-23-16-9-10-19-17(12-16)20(11-14(3)21-19)22-18-8-6-7-13(2)15(18)4;/h6-12H,5H2,1-4H3,(H,21,22);1H. The predicted molar refractivity (Wildman–Crippen MR) is 104 cm³/mol. The molecule has 126 valence electrons. The molecule has 0 bridgehead atoms. The van der Waals surface area contributed by atoms with Gasteiger partial charge in [0, 0.05) is 22.5 Å². The van der Waals surface area contributed by atoms with Crippen molar-refractivity contribution in [1.82, 2.24) is 4.98 Å². The second-order valence-corrected chi connectivity index (χ2v) is 5.80. The molecule has 0 spiro atoms.